The van der Waals surface area contributed by atoms with E-state index in [1.165, 1.54) is 18.5 Å². The lowest BCUT2D eigenvalue weighted by Gasteiger charge is -2.09. The SMILES string of the molecule is NC(=S)c1cc(F)ccc1NCc1ncon1. The monoisotopic (exact) mass is 252 g/mol. The fraction of sp³-hybridized carbons (Fsp3) is 0.100. The van der Waals surface area contributed by atoms with E-state index in [2.05, 4.69) is 20.0 Å². The summed E-state index contributed by atoms with van der Waals surface area (Å²) < 4.78 is 17.6. The smallest absolute Gasteiger partial charge is 0.213 e. The summed E-state index contributed by atoms with van der Waals surface area (Å²) in [6.45, 7) is 0.345. The number of nitrogens with zero attached hydrogens (tertiary/aromatic N) is 2. The lowest BCUT2D eigenvalue weighted by molar-refractivity contribution is 0.411. The predicted molar refractivity (Wildman–Crippen MR) is 63.9 cm³/mol. The van der Waals surface area contributed by atoms with Gasteiger partial charge in [0.15, 0.2) is 5.82 Å². The van der Waals surface area contributed by atoms with Gasteiger partial charge in [0, 0.05) is 11.3 Å². The predicted octanol–water partition coefficient (Wildman–Crippen LogP) is 1.46. The molecule has 0 aliphatic heterocycles. The van der Waals surface area contributed by atoms with E-state index in [-0.39, 0.29) is 4.99 Å². The Kier molecular flexibility index (Phi) is 3.29. The maximum atomic E-state index is 13.0. The molecule has 0 aliphatic rings. The minimum absolute atomic E-state index is 0.125. The molecule has 3 N–H and O–H groups in total. The van der Waals surface area contributed by atoms with Crippen LogP contribution in [0.2, 0.25) is 0 Å². The number of nitrogens with one attached hydrogen (secondary N) is 1. The Bertz CT molecular complexity index is 529. The van der Waals surface area contributed by atoms with Crippen LogP contribution < -0.4 is 11.1 Å². The first-order valence-corrected chi connectivity index (χ1v) is 5.16. The van der Waals surface area contributed by atoms with Gasteiger partial charge in [0.05, 0.1) is 6.54 Å². The molecule has 1 aromatic carbocycles. The standard InChI is InChI=1S/C10H9FN4OS/c11-6-1-2-8(7(3-6)10(12)17)13-4-9-14-5-16-15-9/h1-3,5,13H,4H2,(H2,12,17). The van der Waals surface area contributed by atoms with Crippen molar-refractivity contribution in [3.05, 3.63) is 41.8 Å². The van der Waals surface area contributed by atoms with Gasteiger partial charge in [-0.1, -0.05) is 17.4 Å². The van der Waals surface area contributed by atoms with Gasteiger partial charge in [0.25, 0.3) is 0 Å². The highest BCUT2D eigenvalue weighted by molar-refractivity contribution is 7.80. The third-order valence-corrected chi connectivity index (χ3v) is 2.31. The minimum Gasteiger partial charge on any atom is -0.389 e. The summed E-state index contributed by atoms with van der Waals surface area (Å²) >= 11 is 4.84. The number of rotatable bonds is 4. The fourth-order valence-corrected chi connectivity index (χ4v) is 1.49. The highest BCUT2D eigenvalue weighted by Crippen LogP contribution is 2.17. The van der Waals surface area contributed by atoms with E-state index in [1.54, 1.807) is 6.07 Å². The second-order valence-corrected chi connectivity index (χ2v) is 3.69. The quantitative estimate of drug-likeness (QED) is 0.802. The Morgan fingerprint density at radius 3 is 3.00 bits per heavy atom. The van der Waals surface area contributed by atoms with Crippen LogP contribution in [0.3, 0.4) is 0 Å². The highest BCUT2D eigenvalue weighted by atomic mass is 32.1. The number of anilines is 1. The van der Waals surface area contributed by atoms with Crippen molar-refractivity contribution in [2.45, 2.75) is 6.54 Å². The summed E-state index contributed by atoms with van der Waals surface area (Å²) in [5, 5.41) is 6.64. The summed E-state index contributed by atoms with van der Waals surface area (Å²) in [7, 11) is 0. The van der Waals surface area contributed by atoms with Crippen molar-refractivity contribution < 1.29 is 8.91 Å². The summed E-state index contributed by atoms with van der Waals surface area (Å²) in [6, 6.07) is 4.16. The van der Waals surface area contributed by atoms with E-state index >= 15 is 0 Å². The summed E-state index contributed by atoms with van der Waals surface area (Å²) in [6.07, 6.45) is 1.23. The first-order chi connectivity index (χ1) is 8.16. The molecule has 17 heavy (non-hydrogen) atoms. The van der Waals surface area contributed by atoms with Gasteiger partial charge in [-0.05, 0) is 18.2 Å². The summed E-state index contributed by atoms with van der Waals surface area (Å²) in [4.78, 5) is 3.97. The Balaban J connectivity index is 2.17. The third-order valence-electron chi connectivity index (χ3n) is 2.09. The number of nitrogens with two attached hydrogens (primary N) is 1. The van der Waals surface area contributed by atoms with E-state index in [9.17, 15) is 4.39 Å². The Labute approximate surface area is 102 Å². The molecular formula is C10H9FN4OS. The van der Waals surface area contributed by atoms with Crippen LogP contribution in [0.1, 0.15) is 11.4 Å². The molecule has 0 bridgehead atoms. The minimum atomic E-state index is -0.391. The number of halogens is 1. The van der Waals surface area contributed by atoms with Crippen LogP contribution in [0.15, 0.2) is 29.1 Å². The van der Waals surface area contributed by atoms with Gasteiger partial charge in [0.2, 0.25) is 6.39 Å². The number of aromatic nitrogens is 2. The lowest BCUT2D eigenvalue weighted by atomic mass is 10.1. The largest absolute Gasteiger partial charge is 0.389 e. The van der Waals surface area contributed by atoms with E-state index < -0.39 is 5.82 Å². The van der Waals surface area contributed by atoms with Crippen LogP contribution in [0.4, 0.5) is 10.1 Å². The van der Waals surface area contributed by atoms with Crippen molar-refractivity contribution in [2.24, 2.45) is 5.73 Å². The van der Waals surface area contributed by atoms with Crippen molar-refractivity contribution in [3.8, 4) is 0 Å². The maximum Gasteiger partial charge on any atom is 0.213 e. The molecule has 5 nitrogen and oxygen atoms in total. The molecule has 1 aromatic heterocycles. The molecule has 0 spiro atoms. The van der Waals surface area contributed by atoms with Crippen LogP contribution in [-0.4, -0.2) is 15.1 Å². The Morgan fingerprint density at radius 1 is 1.53 bits per heavy atom. The molecule has 0 saturated heterocycles. The van der Waals surface area contributed by atoms with E-state index in [1.807, 2.05) is 0 Å². The molecule has 7 heteroatoms. The van der Waals surface area contributed by atoms with Gasteiger partial charge in [0.1, 0.15) is 10.8 Å². The molecule has 0 saturated carbocycles. The molecule has 0 fully saturated rings. The first-order valence-electron chi connectivity index (χ1n) is 4.75. The zero-order valence-corrected chi connectivity index (χ0v) is 9.50. The molecule has 2 aromatic rings. The molecular weight excluding hydrogens is 243 g/mol. The Morgan fingerprint density at radius 2 is 2.35 bits per heavy atom. The summed E-state index contributed by atoms with van der Waals surface area (Å²) in [5.74, 6) is 0.0983. The molecule has 1 heterocycles. The fourth-order valence-electron chi connectivity index (χ4n) is 1.32. The molecule has 0 amide bonds. The number of hydrogen-bond acceptors (Lipinski definition) is 5. The second kappa shape index (κ2) is 4.88. The molecule has 0 unspecified atom stereocenters. The van der Waals surface area contributed by atoms with Crippen molar-refractivity contribution in [1.29, 1.82) is 0 Å². The van der Waals surface area contributed by atoms with Gasteiger partial charge in [-0.3, -0.25) is 0 Å². The van der Waals surface area contributed by atoms with Crippen LogP contribution in [-0.2, 0) is 6.54 Å². The average Bonchev–Trinajstić information content (AvgIpc) is 2.80. The van der Waals surface area contributed by atoms with Gasteiger partial charge in [-0.15, -0.1) is 0 Å². The first kappa shape index (κ1) is 11.5. The molecule has 0 aliphatic carbocycles. The third kappa shape index (κ3) is 2.76. The van der Waals surface area contributed by atoms with Crippen LogP contribution in [0, 0.1) is 5.82 Å². The van der Waals surface area contributed by atoms with E-state index in [4.69, 9.17) is 18.0 Å². The number of hydrogen-bond donors (Lipinski definition) is 2. The van der Waals surface area contributed by atoms with Gasteiger partial charge < -0.3 is 15.6 Å². The molecule has 0 atom stereocenters. The number of thiocarbonyl (C=S) groups is 1. The van der Waals surface area contributed by atoms with E-state index in [0.717, 1.165) is 0 Å². The van der Waals surface area contributed by atoms with Gasteiger partial charge >= 0.3 is 0 Å². The van der Waals surface area contributed by atoms with E-state index in [0.29, 0.717) is 23.6 Å². The van der Waals surface area contributed by atoms with Crippen LogP contribution in [0.25, 0.3) is 0 Å². The van der Waals surface area contributed by atoms with Crippen LogP contribution in [0.5, 0.6) is 0 Å². The average molecular weight is 252 g/mol. The number of benzene rings is 1. The molecule has 88 valence electrons. The zero-order valence-electron chi connectivity index (χ0n) is 8.68. The second-order valence-electron chi connectivity index (χ2n) is 3.26. The van der Waals surface area contributed by atoms with Crippen LogP contribution >= 0.6 is 12.2 Å². The van der Waals surface area contributed by atoms with Crippen molar-refractivity contribution >= 4 is 22.9 Å². The van der Waals surface area contributed by atoms with Crippen molar-refractivity contribution in [3.63, 3.8) is 0 Å². The van der Waals surface area contributed by atoms with Gasteiger partial charge in [-0.25, -0.2) is 4.39 Å². The van der Waals surface area contributed by atoms with Gasteiger partial charge in [-0.2, -0.15) is 4.98 Å². The molecule has 0 radical (unpaired) electrons. The van der Waals surface area contributed by atoms with Crippen molar-refractivity contribution in [1.82, 2.24) is 10.1 Å². The zero-order chi connectivity index (χ0) is 12.3. The molecule has 2 rings (SSSR count). The topological polar surface area (TPSA) is 77.0 Å². The highest BCUT2D eigenvalue weighted by Gasteiger charge is 2.07. The summed E-state index contributed by atoms with van der Waals surface area (Å²) in [5.41, 5.74) is 6.58. The lowest BCUT2D eigenvalue weighted by Crippen LogP contribution is -2.14. The Hall–Kier alpha value is -2.02. The normalized spacial score (nSPS) is 10.2. The van der Waals surface area contributed by atoms with Crippen molar-refractivity contribution in [2.75, 3.05) is 5.32 Å². The maximum absolute atomic E-state index is 13.0.